The normalized spacial score (nSPS) is 12.4. The quantitative estimate of drug-likeness (QED) is 0.934. The molecule has 0 aliphatic carbocycles. The fraction of sp³-hybridized carbons (Fsp3) is 0.286. The van der Waals surface area contributed by atoms with Crippen LogP contribution in [0.25, 0.3) is 0 Å². The van der Waals surface area contributed by atoms with E-state index in [4.69, 9.17) is 14.9 Å². The van der Waals surface area contributed by atoms with E-state index in [-0.39, 0.29) is 6.04 Å². The van der Waals surface area contributed by atoms with Crippen molar-refractivity contribution in [3.05, 3.63) is 51.9 Å². The molecule has 18 heavy (non-hydrogen) atoms. The number of halogens is 1. The number of aryl methyl sites for hydroxylation is 1. The average Bonchev–Trinajstić information content (AvgIpc) is 2.75. The highest BCUT2D eigenvalue weighted by Crippen LogP contribution is 2.31. The van der Waals surface area contributed by atoms with Gasteiger partial charge in [-0.15, -0.1) is 0 Å². The van der Waals surface area contributed by atoms with Crippen LogP contribution in [0.4, 0.5) is 0 Å². The van der Waals surface area contributed by atoms with Crippen LogP contribution < -0.4 is 10.5 Å². The van der Waals surface area contributed by atoms with Crippen molar-refractivity contribution in [1.29, 1.82) is 0 Å². The largest absolute Gasteiger partial charge is 0.494 e. The third-order valence-corrected chi connectivity index (χ3v) is 3.49. The molecule has 1 aromatic heterocycles. The molecule has 4 heteroatoms. The molecule has 1 heterocycles. The highest BCUT2D eigenvalue weighted by Gasteiger charge is 2.17. The lowest BCUT2D eigenvalue weighted by atomic mass is 10.0. The van der Waals surface area contributed by atoms with Crippen LogP contribution in [0.15, 0.2) is 39.4 Å². The van der Waals surface area contributed by atoms with Gasteiger partial charge in [-0.2, -0.15) is 0 Å². The lowest BCUT2D eigenvalue weighted by Gasteiger charge is -2.14. The fourth-order valence-electron chi connectivity index (χ4n) is 1.86. The molecular formula is C14H16BrNO2. The molecular weight excluding hydrogens is 294 g/mol. The monoisotopic (exact) mass is 309 g/mol. The van der Waals surface area contributed by atoms with E-state index in [9.17, 15) is 0 Å². The molecule has 0 aliphatic heterocycles. The van der Waals surface area contributed by atoms with E-state index in [2.05, 4.69) is 15.9 Å². The Kier molecular flexibility index (Phi) is 4.09. The summed E-state index contributed by atoms with van der Waals surface area (Å²) in [6.07, 6.45) is 1.66. The molecule has 2 aromatic rings. The summed E-state index contributed by atoms with van der Waals surface area (Å²) in [6, 6.07) is 7.45. The minimum atomic E-state index is -0.273. The summed E-state index contributed by atoms with van der Waals surface area (Å²) in [4.78, 5) is 0. The average molecular weight is 310 g/mol. The number of furan rings is 1. The van der Waals surface area contributed by atoms with Gasteiger partial charge >= 0.3 is 0 Å². The van der Waals surface area contributed by atoms with Gasteiger partial charge in [-0.25, -0.2) is 0 Å². The maximum Gasteiger partial charge on any atom is 0.127 e. The number of rotatable bonds is 4. The van der Waals surface area contributed by atoms with Gasteiger partial charge in [0.25, 0.3) is 0 Å². The Morgan fingerprint density at radius 3 is 2.72 bits per heavy atom. The number of hydrogen-bond donors (Lipinski definition) is 1. The molecule has 0 saturated carbocycles. The first-order valence-corrected chi connectivity index (χ1v) is 6.64. The highest BCUT2D eigenvalue weighted by molar-refractivity contribution is 9.10. The lowest BCUT2D eigenvalue weighted by molar-refractivity contribution is 0.340. The van der Waals surface area contributed by atoms with E-state index < -0.39 is 0 Å². The zero-order chi connectivity index (χ0) is 13.1. The van der Waals surface area contributed by atoms with E-state index >= 15 is 0 Å². The predicted molar refractivity (Wildman–Crippen MR) is 74.8 cm³/mol. The topological polar surface area (TPSA) is 48.4 Å². The fourth-order valence-corrected chi connectivity index (χ4v) is 2.47. The van der Waals surface area contributed by atoms with Crippen LogP contribution in [0.3, 0.4) is 0 Å². The van der Waals surface area contributed by atoms with Gasteiger partial charge in [0.05, 0.1) is 18.9 Å². The van der Waals surface area contributed by atoms with Crippen molar-refractivity contribution < 1.29 is 9.15 Å². The Bertz CT molecular complexity index is 536. The molecule has 0 saturated heterocycles. The summed E-state index contributed by atoms with van der Waals surface area (Å²) < 4.78 is 11.8. The van der Waals surface area contributed by atoms with Crippen molar-refractivity contribution in [3.63, 3.8) is 0 Å². The molecule has 1 aromatic carbocycles. The maximum atomic E-state index is 6.22. The number of benzene rings is 1. The van der Waals surface area contributed by atoms with Gasteiger partial charge in [-0.05, 0) is 43.2 Å². The van der Waals surface area contributed by atoms with Gasteiger partial charge in [0.2, 0.25) is 0 Å². The van der Waals surface area contributed by atoms with Gasteiger partial charge in [-0.1, -0.05) is 22.0 Å². The molecule has 0 amide bonds. The first-order valence-electron chi connectivity index (χ1n) is 5.85. The van der Waals surface area contributed by atoms with E-state index in [1.54, 1.807) is 6.26 Å². The van der Waals surface area contributed by atoms with E-state index in [0.29, 0.717) is 6.61 Å². The van der Waals surface area contributed by atoms with Crippen LogP contribution in [0, 0.1) is 6.92 Å². The molecule has 0 radical (unpaired) electrons. The molecule has 1 unspecified atom stereocenters. The van der Waals surface area contributed by atoms with Crippen molar-refractivity contribution >= 4 is 15.9 Å². The first kappa shape index (κ1) is 13.2. The molecule has 0 spiro atoms. The Labute approximate surface area is 115 Å². The Morgan fingerprint density at radius 1 is 1.39 bits per heavy atom. The van der Waals surface area contributed by atoms with Crippen LogP contribution in [0.1, 0.15) is 29.9 Å². The zero-order valence-corrected chi connectivity index (χ0v) is 12.0. The SMILES string of the molecule is CCOc1ccc(C(N)c2occc2C)c(Br)c1. The second-order valence-electron chi connectivity index (χ2n) is 4.06. The van der Waals surface area contributed by atoms with Gasteiger partial charge in [-0.3, -0.25) is 0 Å². The summed E-state index contributed by atoms with van der Waals surface area (Å²) in [5.74, 6) is 1.62. The van der Waals surface area contributed by atoms with Crippen LogP contribution in [0.2, 0.25) is 0 Å². The van der Waals surface area contributed by atoms with Crippen LogP contribution >= 0.6 is 15.9 Å². The standard InChI is InChI=1S/C14H16BrNO2/c1-3-17-10-4-5-11(12(15)8-10)13(16)14-9(2)6-7-18-14/h4-8,13H,3,16H2,1-2H3. The molecule has 2 rings (SSSR count). The second-order valence-corrected chi connectivity index (χ2v) is 4.92. The minimum absolute atomic E-state index is 0.273. The number of ether oxygens (including phenoxy) is 1. The van der Waals surface area contributed by atoms with E-state index in [0.717, 1.165) is 27.1 Å². The zero-order valence-electron chi connectivity index (χ0n) is 10.4. The van der Waals surface area contributed by atoms with Gasteiger partial charge < -0.3 is 14.9 Å². The van der Waals surface area contributed by atoms with Crippen LogP contribution in [-0.2, 0) is 0 Å². The summed E-state index contributed by atoms with van der Waals surface area (Å²) in [5.41, 5.74) is 8.26. The van der Waals surface area contributed by atoms with E-state index in [1.165, 1.54) is 0 Å². The van der Waals surface area contributed by atoms with E-state index in [1.807, 2.05) is 38.1 Å². The highest BCUT2D eigenvalue weighted by atomic mass is 79.9. The molecule has 3 nitrogen and oxygen atoms in total. The van der Waals surface area contributed by atoms with Crippen molar-refractivity contribution in [3.8, 4) is 5.75 Å². The van der Waals surface area contributed by atoms with Crippen molar-refractivity contribution in [2.24, 2.45) is 5.73 Å². The molecule has 1 atom stereocenters. The summed E-state index contributed by atoms with van der Waals surface area (Å²) in [5, 5.41) is 0. The lowest BCUT2D eigenvalue weighted by Crippen LogP contribution is -2.12. The van der Waals surface area contributed by atoms with Crippen molar-refractivity contribution in [2.45, 2.75) is 19.9 Å². The Morgan fingerprint density at radius 2 is 2.17 bits per heavy atom. The Hall–Kier alpha value is -1.26. The third-order valence-electron chi connectivity index (χ3n) is 2.80. The molecule has 96 valence electrons. The van der Waals surface area contributed by atoms with Crippen LogP contribution in [-0.4, -0.2) is 6.61 Å². The molecule has 0 fully saturated rings. The molecule has 0 aliphatic rings. The third kappa shape index (κ3) is 2.60. The molecule has 2 N–H and O–H groups in total. The van der Waals surface area contributed by atoms with Gasteiger partial charge in [0.1, 0.15) is 11.5 Å². The Balaban J connectivity index is 2.31. The second kappa shape index (κ2) is 5.59. The molecule has 0 bridgehead atoms. The summed E-state index contributed by atoms with van der Waals surface area (Å²) in [7, 11) is 0. The van der Waals surface area contributed by atoms with Gasteiger partial charge in [0.15, 0.2) is 0 Å². The van der Waals surface area contributed by atoms with Crippen molar-refractivity contribution in [1.82, 2.24) is 0 Å². The van der Waals surface area contributed by atoms with Gasteiger partial charge in [0, 0.05) is 4.47 Å². The van der Waals surface area contributed by atoms with Crippen molar-refractivity contribution in [2.75, 3.05) is 6.61 Å². The number of nitrogens with two attached hydrogens (primary N) is 1. The summed E-state index contributed by atoms with van der Waals surface area (Å²) >= 11 is 3.53. The number of hydrogen-bond acceptors (Lipinski definition) is 3. The smallest absolute Gasteiger partial charge is 0.127 e. The maximum absolute atomic E-state index is 6.22. The first-order chi connectivity index (χ1) is 8.63. The van der Waals surface area contributed by atoms with Crippen LogP contribution in [0.5, 0.6) is 5.75 Å². The predicted octanol–water partition coefficient (Wildman–Crippen LogP) is 3.80. The summed E-state index contributed by atoms with van der Waals surface area (Å²) in [6.45, 7) is 4.59. The minimum Gasteiger partial charge on any atom is -0.494 e.